The van der Waals surface area contributed by atoms with Crippen LogP contribution in [-0.2, 0) is 0 Å². The quantitative estimate of drug-likeness (QED) is 0.577. The predicted molar refractivity (Wildman–Crippen MR) is 51.5 cm³/mol. The molecule has 1 rings (SSSR count). The lowest BCUT2D eigenvalue weighted by Crippen LogP contribution is -1.89. The Hall–Kier alpha value is -0.300. The molecular weight excluding hydrogens is 263 g/mol. The molecule has 0 amide bonds. The second kappa shape index (κ2) is 4.08. The molecule has 1 atom stereocenters. The van der Waals surface area contributed by atoms with Crippen LogP contribution >= 0.6 is 39.1 Å². The lowest BCUT2D eigenvalue weighted by atomic mass is 10.2. The molecule has 0 N–H and O–H groups in total. The third-order valence-electron chi connectivity index (χ3n) is 1.23. The van der Waals surface area contributed by atoms with Gasteiger partial charge in [0.25, 0.3) is 0 Å². The van der Waals surface area contributed by atoms with Crippen LogP contribution in [0.2, 0.25) is 10.3 Å². The van der Waals surface area contributed by atoms with Crippen molar-refractivity contribution in [2.24, 2.45) is 0 Å². The summed E-state index contributed by atoms with van der Waals surface area (Å²) < 4.78 is 0. The number of hydrogen-bond donors (Lipinski definition) is 0. The molecule has 0 aromatic carbocycles. The number of hydrogen-bond acceptors (Lipinski definition) is 2. The van der Waals surface area contributed by atoms with Crippen molar-refractivity contribution in [1.29, 1.82) is 5.26 Å². The summed E-state index contributed by atoms with van der Waals surface area (Å²) in [6.45, 7) is 0. The van der Waals surface area contributed by atoms with Crippen LogP contribution in [0.25, 0.3) is 0 Å². The molecule has 12 heavy (non-hydrogen) atoms. The zero-order chi connectivity index (χ0) is 9.14. The maximum Gasteiger partial charge on any atom is 0.136 e. The zero-order valence-electron chi connectivity index (χ0n) is 5.76. The van der Waals surface area contributed by atoms with Gasteiger partial charge in [0.2, 0.25) is 0 Å². The van der Waals surface area contributed by atoms with Crippen molar-refractivity contribution in [3.63, 3.8) is 0 Å². The molecule has 0 bridgehead atoms. The monoisotopic (exact) mass is 264 g/mol. The van der Waals surface area contributed by atoms with E-state index < -0.39 is 4.83 Å². The second-order valence-electron chi connectivity index (χ2n) is 2.01. The van der Waals surface area contributed by atoms with E-state index in [-0.39, 0.29) is 5.15 Å². The number of pyridine rings is 1. The third-order valence-corrected chi connectivity index (χ3v) is 2.44. The molecule has 5 heteroatoms. The van der Waals surface area contributed by atoms with Crippen molar-refractivity contribution in [2.45, 2.75) is 4.83 Å². The molecule has 0 fully saturated rings. The molecule has 0 spiro atoms. The van der Waals surface area contributed by atoms with Gasteiger partial charge in [0.15, 0.2) is 0 Å². The van der Waals surface area contributed by atoms with Crippen LogP contribution in [-0.4, -0.2) is 4.98 Å². The highest BCUT2D eigenvalue weighted by Gasteiger charge is 2.10. The largest absolute Gasteiger partial charge is 0.224 e. The molecule has 1 heterocycles. The molecule has 0 aliphatic carbocycles. The van der Waals surface area contributed by atoms with E-state index in [0.717, 1.165) is 0 Å². The van der Waals surface area contributed by atoms with Crippen molar-refractivity contribution in [3.05, 3.63) is 28.0 Å². The molecular formula is C7H3BrCl2N2. The van der Waals surface area contributed by atoms with Gasteiger partial charge < -0.3 is 0 Å². The second-order valence-corrected chi connectivity index (χ2v) is 3.67. The fourth-order valence-corrected chi connectivity index (χ4v) is 1.64. The van der Waals surface area contributed by atoms with Crippen LogP contribution < -0.4 is 0 Å². The molecule has 0 saturated carbocycles. The van der Waals surface area contributed by atoms with Gasteiger partial charge in [-0.2, -0.15) is 5.26 Å². The van der Waals surface area contributed by atoms with Crippen molar-refractivity contribution < 1.29 is 0 Å². The molecule has 1 aromatic heterocycles. The summed E-state index contributed by atoms with van der Waals surface area (Å²) in [5, 5.41) is 9.14. The highest BCUT2D eigenvalue weighted by Crippen LogP contribution is 2.28. The minimum absolute atomic E-state index is 0.255. The number of nitrogens with zero attached hydrogens (tertiary/aromatic N) is 2. The Morgan fingerprint density at radius 2 is 2.17 bits per heavy atom. The molecule has 62 valence electrons. The first-order valence-electron chi connectivity index (χ1n) is 3.01. The summed E-state index contributed by atoms with van der Waals surface area (Å²) in [5.74, 6) is 0. The van der Waals surface area contributed by atoms with Gasteiger partial charge in [-0.1, -0.05) is 45.2 Å². The van der Waals surface area contributed by atoms with Crippen molar-refractivity contribution in [3.8, 4) is 6.07 Å². The number of halogens is 3. The van der Waals surface area contributed by atoms with Gasteiger partial charge in [-0.15, -0.1) is 0 Å². The van der Waals surface area contributed by atoms with Crippen molar-refractivity contribution in [2.75, 3.05) is 0 Å². The Morgan fingerprint density at radius 1 is 1.50 bits per heavy atom. The summed E-state index contributed by atoms with van der Waals surface area (Å²) in [5.41, 5.74) is 0.628. The van der Waals surface area contributed by atoms with Gasteiger partial charge in [-0.25, -0.2) is 4.98 Å². The Balaban J connectivity index is 3.11. The minimum Gasteiger partial charge on any atom is -0.224 e. The number of aromatic nitrogens is 1. The molecule has 0 aliphatic rings. The van der Waals surface area contributed by atoms with Gasteiger partial charge in [-0.3, -0.25) is 0 Å². The van der Waals surface area contributed by atoms with Gasteiger partial charge >= 0.3 is 0 Å². The van der Waals surface area contributed by atoms with E-state index >= 15 is 0 Å². The lowest BCUT2D eigenvalue weighted by Gasteiger charge is -2.02. The van der Waals surface area contributed by atoms with Crippen molar-refractivity contribution >= 4 is 39.1 Å². The van der Waals surface area contributed by atoms with Gasteiger partial charge in [0, 0.05) is 5.56 Å². The van der Waals surface area contributed by atoms with Crippen LogP contribution in [0.4, 0.5) is 0 Å². The predicted octanol–water partition coefficient (Wildman–Crippen LogP) is 3.35. The normalized spacial score (nSPS) is 12.2. The first-order chi connectivity index (χ1) is 5.65. The number of nitriles is 1. The summed E-state index contributed by atoms with van der Waals surface area (Å²) in [7, 11) is 0. The highest BCUT2D eigenvalue weighted by molar-refractivity contribution is 9.09. The molecule has 2 nitrogen and oxygen atoms in total. The van der Waals surface area contributed by atoms with Crippen LogP contribution in [0.15, 0.2) is 12.1 Å². The maximum absolute atomic E-state index is 8.57. The summed E-state index contributed by atoms with van der Waals surface area (Å²) in [6.07, 6.45) is 0. The molecule has 1 unspecified atom stereocenters. The summed E-state index contributed by atoms with van der Waals surface area (Å²) in [4.78, 5) is 3.36. The standard InChI is InChI=1S/C7H3BrCl2N2/c8-5(3-11)4-1-2-6(9)12-7(4)10/h1-2,5H. The minimum atomic E-state index is -0.435. The van der Waals surface area contributed by atoms with E-state index in [4.69, 9.17) is 28.5 Å². The molecule has 0 aliphatic heterocycles. The average Bonchev–Trinajstić information content (AvgIpc) is 2.03. The fourth-order valence-electron chi connectivity index (χ4n) is 0.681. The third kappa shape index (κ3) is 2.10. The Kier molecular flexibility index (Phi) is 3.33. The van der Waals surface area contributed by atoms with Crippen LogP contribution in [0.1, 0.15) is 10.4 Å². The van der Waals surface area contributed by atoms with E-state index in [9.17, 15) is 0 Å². The summed E-state index contributed by atoms with van der Waals surface area (Å²) >= 11 is 14.4. The maximum atomic E-state index is 8.57. The van der Waals surface area contributed by atoms with Crippen molar-refractivity contribution in [1.82, 2.24) is 4.98 Å². The molecule has 1 aromatic rings. The van der Waals surface area contributed by atoms with E-state index in [0.29, 0.717) is 10.7 Å². The highest BCUT2D eigenvalue weighted by atomic mass is 79.9. The van der Waals surface area contributed by atoms with Crippen LogP contribution in [0.3, 0.4) is 0 Å². The fraction of sp³-hybridized carbons (Fsp3) is 0.143. The molecule has 0 saturated heterocycles. The lowest BCUT2D eigenvalue weighted by molar-refractivity contribution is 1.18. The Bertz CT molecular complexity index is 335. The average molecular weight is 266 g/mol. The topological polar surface area (TPSA) is 36.7 Å². The number of rotatable bonds is 1. The Morgan fingerprint density at radius 3 is 2.67 bits per heavy atom. The van der Waals surface area contributed by atoms with E-state index in [1.807, 2.05) is 6.07 Å². The smallest absolute Gasteiger partial charge is 0.136 e. The zero-order valence-corrected chi connectivity index (χ0v) is 8.86. The van der Waals surface area contributed by atoms with E-state index in [1.165, 1.54) is 0 Å². The first kappa shape index (κ1) is 9.79. The van der Waals surface area contributed by atoms with Gasteiger partial charge in [0.05, 0.1) is 6.07 Å². The first-order valence-corrected chi connectivity index (χ1v) is 4.68. The Labute approximate surface area is 88.2 Å². The number of alkyl halides is 1. The van der Waals surface area contributed by atoms with E-state index in [1.54, 1.807) is 12.1 Å². The summed E-state index contributed by atoms with van der Waals surface area (Å²) in [6, 6.07) is 5.25. The van der Waals surface area contributed by atoms with Crippen LogP contribution in [0, 0.1) is 11.3 Å². The van der Waals surface area contributed by atoms with E-state index in [2.05, 4.69) is 20.9 Å². The van der Waals surface area contributed by atoms with Gasteiger partial charge in [0.1, 0.15) is 15.1 Å². The van der Waals surface area contributed by atoms with Crippen LogP contribution in [0.5, 0.6) is 0 Å². The SMILES string of the molecule is N#CC(Br)c1ccc(Cl)nc1Cl. The molecule has 0 radical (unpaired) electrons. The van der Waals surface area contributed by atoms with Gasteiger partial charge in [-0.05, 0) is 6.07 Å².